The van der Waals surface area contributed by atoms with Crippen LogP contribution in [0.3, 0.4) is 0 Å². The molecule has 1 fully saturated rings. The quantitative estimate of drug-likeness (QED) is 0.874. The van der Waals surface area contributed by atoms with Crippen molar-refractivity contribution in [3.63, 3.8) is 0 Å². The Morgan fingerprint density at radius 3 is 2.63 bits per heavy atom. The van der Waals surface area contributed by atoms with Crippen LogP contribution in [0.25, 0.3) is 0 Å². The van der Waals surface area contributed by atoms with Crippen molar-refractivity contribution in [3.05, 3.63) is 17.3 Å². The van der Waals surface area contributed by atoms with Crippen molar-refractivity contribution in [2.75, 3.05) is 0 Å². The summed E-state index contributed by atoms with van der Waals surface area (Å²) in [5.41, 5.74) is 0.0280. The van der Waals surface area contributed by atoms with Crippen LogP contribution in [0.4, 0.5) is 0 Å². The highest BCUT2D eigenvalue weighted by molar-refractivity contribution is 5.76. The van der Waals surface area contributed by atoms with Gasteiger partial charge in [-0.15, -0.1) is 0 Å². The normalized spacial score (nSPS) is 18.3. The van der Waals surface area contributed by atoms with Crippen molar-refractivity contribution in [3.8, 4) is 0 Å². The van der Waals surface area contributed by atoms with Crippen molar-refractivity contribution in [2.45, 2.75) is 64.5 Å². The van der Waals surface area contributed by atoms with Gasteiger partial charge in [0.1, 0.15) is 5.76 Å². The number of oxazole rings is 1. The first-order chi connectivity index (χ1) is 8.98. The lowest BCUT2D eigenvalue weighted by Crippen LogP contribution is -2.38. The molecule has 0 unspecified atom stereocenters. The van der Waals surface area contributed by atoms with Crippen LogP contribution < -0.4 is 5.32 Å². The van der Waals surface area contributed by atoms with Crippen molar-refractivity contribution < 1.29 is 14.3 Å². The van der Waals surface area contributed by atoms with Gasteiger partial charge in [-0.25, -0.2) is 4.98 Å². The fraction of sp³-hybridized carbons (Fsp3) is 0.714. The average molecular weight is 266 g/mol. The highest BCUT2D eigenvalue weighted by Gasteiger charge is 2.31. The Bertz CT molecular complexity index is 428. The molecule has 106 valence electrons. The molecule has 1 aliphatic carbocycles. The number of aliphatic hydroxyl groups is 1. The van der Waals surface area contributed by atoms with Gasteiger partial charge in [0.15, 0.2) is 0 Å². The lowest BCUT2D eigenvalue weighted by Gasteiger charge is -2.31. The van der Waals surface area contributed by atoms with E-state index in [0.29, 0.717) is 5.89 Å². The van der Waals surface area contributed by atoms with Crippen LogP contribution in [0.1, 0.15) is 55.9 Å². The fourth-order valence-corrected chi connectivity index (χ4v) is 2.54. The van der Waals surface area contributed by atoms with Crippen molar-refractivity contribution >= 4 is 5.91 Å². The zero-order valence-electron chi connectivity index (χ0n) is 11.7. The molecule has 2 N–H and O–H groups in total. The van der Waals surface area contributed by atoms with Gasteiger partial charge in [-0.2, -0.15) is 0 Å². The van der Waals surface area contributed by atoms with Crippen molar-refractivity contribution in [1.29, 1.82) is 0 Å². The van der Waals surface area contributed by atoms with E-state index in [9.17, 15) is 9.90 Å². The van der Waals surface area contributed by atoms with E-state index < -0.39 is 5.60 Å². The Kier molecular flexibility index (Phi) is 4.24. The molecule has 19 heavy (non-hydrogen) atoms. The molecule has 5 heteroatoms. The molecule has 1 amide bonds. The maximum Gasteiger partial charge on any atom is 0.223 e. The minimum atomic E-state index is -0.815. The van der Waals surface area contributed by atoms with Crippen LogP contribution in [-0.2, 0) is 11.3 Å². The summed E-state index contributed by atoms with van der Waals surface area (Å²) >= 11 is 0. The van der Waals surface area contributed by atoms with Gasteiger partial charge in [0.2, 0.25) is 11.8 Å². The van der Waals surface area contributed by atoms with Crippen LogP contribution in [0, 0.1) is 13.8 Å². The summed E-state index contributed by atoms with van der Waals surface area (Å²) < 4.78 is 5.39. The maximum atomic E-state index is 11.8. The van der Waals surface area contributed by atoms with E-state index in [1.807, 2.05) is 13.8 Å². The number of hydrogen-bond acceptors (Lipinski definition) is 4. The molecule has 1 aliphatic rings. The second kappa shape index (κ2) is 5.74. The number of amides is 1. The van der Waals surface area contributed by atoms with Crippen LogP contribution >= 0.6 is 0 Å². The van der Waals surface area contributed by atoms with Gasteiger partial charge in [0.05, 0.1) is 24.3 Å². The van der Waals surface area contributed by atoms with E-state index in [1.165, 1.54) is 0 Å². The Hall–Kier alpha value is -1.36. The zero-order chi connectivity index (χ0) is 13.9. The van der Waals surface area contributed by atoms with Crippen LogP contribution in [0.2, 0.25) is 0 Å². The first kappa shape index (κ1) is 14.1. The molecular weight excluding hydrogens is 244 g/mol. The molecule has 0 radical (unpaired) electrons. The van der Waals surface area contributed by atoms with E-state index in [4.69, 9.17) is 4.42 Å². The number of nitrogens with zero attached hydrogens (tertiary/aromatic N) is 1. The van der Waals surface area contributed by atoms with E-state index in [1.54, 1.807) is 0 Å². The monoisotopic (exact) mass is 266 g/mol. The Morgan fingerprint density at radius 2 is 2.05 bits per heavy atom. The third-order valence-electron chi connectivity index (χ3n) is 3.78. The zero-order valence-corrected chi connectivity index (χ0v) is 11.7. The molecule has 1 aromatic heterocycles. The van der Waals surface area contributed by atoms with E-state index in [-0.39, 0.29) is 18.9 Å². The van der Waals surface area contributed by atoms with E-state index in [2.05, 4.69) is 10.3 Å². The van der Waals surface area contributed by atoms with Gasteiger partial charge in [-0.3, -0.25) is 4.79 Å². The number of nitrogens with one attached hydrogen (secondary N) is 1. The average Bonchev–Trinajstić information content (AvgIpc) is 2.67. The topological polar surface area (TPSA) is 75.4 Å². The van der Waals surface area contributed by atoms with Gasteiger partial charge >= 0.3 is 0 Å². The molecule has 0 atom stereocenters. The number of hydrogen-bond donors (Lipinski definition) is 2. The molecule has 0 spiro atoms. The number of carbonyl (C=O) groups is 1. The molecule has 5 nitrogen and oxygen atoms in total. The molecule has 1 aromatic rings. The maximum absolute atomic E-state index is 11.8. The lowest BCUT2D eigenvalue weighted by molar-refractivity contribution is -0.127. The van der Waals surface area contributed by atoms with E-state index in [0.717, 1.165) is 43.6 Å². The smallest absolute Gasteiger partial charge is 0.223 e. The highest BCUT2D eigenvalue weighted by atomic mass is 16.4. The molecular formula is C14H22N2O3. The molecule has 0 saturated heterocycles. The predicted octanol–water partition coefficient (Wildman–Crippen LogP) is 1.99. The largest absolute Gasteiger partial charge is 0.444 e. The first-order valence-electron chi connectivity index (χ1n) is 6.90. The number of aromatic nitrogens is 1. The van der Waals surface area contributed by atoms with Crippen molar-refractivity contribution in [1.82, 2.24) is 10.3 Å². The molecule has 0 aromatic carbocycles. The summed E-state index contributed by atoms with van der Waals surface area (Å²) in [5.74, 6) is 1.15. The fourth-order valence-electron chi connectivity index (χ4n) is 2.54. The van der Waals surface area contributed by atoms with Gasteiger partial charge in [0.25, 0.3) is 0 Å². The van der Waals surface area contributed by atoms with Crippen LogP contribution in [0.5, 0.6) is 0 Å². The van der Waals surface area contributed by atoms with Crippen LogP contribution in [0.15, 0.2) is 4.42 Å². The Balaban J connectivity index is 1.81. The minimum absolute atomic E-state index is 0.141. The molecule has 2 rings (SSSR count). The van der Waals surface area contributed by atoms with Crippen molar-refractivity contribution in [2.24, 2.45) is 0 Å². The first-order valence-corrected chi connectivity index (χ1v) is 6.90. The predicted molar refractivity (Wildman–Crippen MR) is 70.5 cm³/mol. The van der Waals surface area contributed by atoms with Gasteiger partial charge < -0.3 is 14.8 Å². The molecule has 0 aliphatic heterocycles. The standard InChI is InChI=1S/C14H22N2O3/c1-10-11(2)19-13(16-10)9-15-12(17)8-14(18)6-4-3-5-7-14/h18H,3-9H2,1-2H3,(H,15,17). The second-order valence-electron chi connectivity index (χ2n) is 5.49. The second-order valence-corrected chi connectivity index (χ2v) is 5.49. The summed E-state index contributed by atoms with van der Waals surface area (Å²) in [6.07, 6.45) is 4.77. The van der Waals surface area contributed by atoms with Gasteiger partial charge in [-0.05, 0) is 26.7 Å². The number of aryl methyl sites for hydroxylation is 2. The summed E-state index contributed by atoms with van der Waals surface area (Å²) in [6, 6.07) is 0. The van der Waals surface area contributed by atoms with E-state index >= 15 is 0 Å². The van der Waals surface area contributed by atoms with Crippen LogP contribution in [-0.4, -0.2) is 21.6 Å². The van der Waals surface area contributed by atoms with Gasteiger partial charge in [-0.1, -0.05) is 19.3 Å². The lowest BCUT2D eigenvalue weighted by atomic mass is 9.82. The number of rotatable bonds is 4. The highest BCUT2D eigenvalue weighted by Crippen LogP contribution is 2.30. The SMILES string of the molecule is Cc1nc(CNC(=O)CC2(O)CCCCC2)oc1C. The molecule has 1 saturated carbocycles. The third kappa shape index (κ3) is 3.80. The Morgan fingerprint density at radius 1 is 1.37 bits per heavy atom. The molecule has 0 bridgehead atoms. The minimum Gasteiger partial charge on any atom is -0.444 e. The third-order valence-corrected chi connectivity index (χ3v) is 3.78. The summed E-state index contributed by atoms with van der Waals surface area (Å²) in [6.45, 7) is 4.00. The Labute approximate surface area is 113 Å². The summed E-state index contributed by atoms with van der Waals surface area (Å²) in [5, 5.41) is 13.0. The summed E-state index contributed by atoms with van der Waals surface area (Å²) in [4.78, 5) is 16.0. The summed E-state index contributed by atoms with van der Waals surface area (Å²) in [7, 11) is 0. The van der Waals surface area contributed by atoms with Gasteiger partial charge in [0, 0.05) is 0 Å². The molecule has 1 heterocycles. The number of carbonyl (C=O) groups excluding carboxylic acids is 1.